The fraction of sp³-hybridized carbons (Fsp3) is 0.833. The average molecular weight is 193 g/mol. The van der Waals surface area contributed by atoms with Gasteiger partial charge in [-0.3, -0.25) is 4.79 Å². The first-order chi connectivity index (χ1) is 5.46. The highest BCUT2D eigenvalue weighted by Gasteiger charge is 2.38. The number of aliphatic hydroxyl groups is 1. The summed E-state index contributed by atoms with van der Waals surface area (Å²) in [7, 11) is -1.69. The zero-order chi connectivity index (χ0) is 9.35. The first-order valence-electron chi connectivity index (χ1n) is 3.52. The number of rotatable bonds is 2. The van der Waals surface area contributed by atoms with E-state index in [0.29, 0.717) is 6.41 Å². The van der Waals surface area contributed by atoms with Gasteiger partial charge in [-0.2, -0.15) is 0 Å². The van der Waals surface area contributed by atoms with Gasteiger partial charge < -0.3 is 10.0 Å². The van der Waals surface area contributed by atoms with Crippen LogP contribution in [0.25, 0.3) is 0 Å². The van der Waals surface area contributed by atoms with Crippen LogP contribution < -0.4 is 0 Å². The van der Waals surface area contributed by atoms with Gasteiger partial charge >= 0.3 is 0 Å². The summed E-state index contributed by atoms with van der Waals surface area (Å²) in [5, 5.41) is 9.25. The number of aliphatic hydroxyl groups excluding tert-OH is 1. The zero-order valence-corrected chi connectivity index (χ0v) is 7.49. The summed E-state index contributed by atoms with van der Waals surface area (Å²) in [5.41, 5.74) is 0. The lowest BCUT2D eigenvalue weighted by molar-refractivity contribution is -0.119. The number of sulfone groups is 1. The molecule has 1 aliphatic heterocycles. The van der Waals surface area contributed by atoms with Crippen molar-refractivity contribution in [3.8, 4) is 0 Å². The maximum absolute atomic E-state index is 11.0. The van der Waals surface area contributed by atoms with Gasteiger partial charge in [0, 0.05) is 7.05 Å². The molecule has 1 heterocycles. The van der Waals surface area contributed by atoms with Crippen molar-refractivity contribution in [2.75, 3.05) is 18.6 Å². The van der Waals surface area contributed by atoms with Crippen molar-refractivity contribution >= 4 is 16.2 Å². The molecule has 12 heavy (non-hydrogen) atoms. The second-order valence-corrected chi connectivity index (χ2v) is 5.14. The minimum atomic E-state index is -3.15. The lowest BCUT2D eigenvalue weighted by Crippen LogP contribution is -2.39. The van der Waals surface area contributed by atoms with E-state index in [4.69, 9.17) is 0 Å². The summed E-state index contributed by atoms with van der Waals surface area (Å²) >= 11 is 0. The van der Waals surface area contributed by atoms with Crippen LogP contribution in [0.3, 0.4) is 0 Å². The summed E-state index contributed by atoms with van der Waals surface area (Å²) in [6.45, 7) is 0. The van der Waals surface area contributed by atoms with Crippen LogP contribution >= 0.6 is 0 Å². The maximum Gasteiger partial charge on any atom is 0.209 e. The van der Waals surface area contributed by atoms with Crippen LogP contribution in [-0.4, -0.2) is 55.5 Å². The molecule has 5 nitrogen and oxygen atoms in total. The predicted molar refractivity (Wildman–Crippen MR) is 42.3 cm³/mol. The molecule has 1 fully saturated rings. The molecule has 0 radical (unpaired) electrons. The SMILES string of the molecule is CN(C=O)[C@H]1CS(=O)(=O)C[C@@H]1O. The molecule has 0 saturated carbocycles. The molecule has 0 unspecified atom stereocenters. The Hall–Kier alpha value is -0.620. The van der Waals surface area contributed by atoms with Crippen molar-refractivity contribution in [3.05, 3.63) is 0 Å². The fourth-order valence-corrected chi connectivity index (χ4v) is 3.13. The first-order valence-corrected chi connectivity index (χ1v) is 5.34. The number of nitrogens with zero attached hydrogens (tertiary/aromatic N) is 1. The van der Waals surface area contributed by atoms with Crippen molar-refractivity contribution < 1.29 is 18.3 Å². The van der Waals surface area contributed by atoms with E-state index in [2.05, 4.69) is 0 Å². The van der Waals surface area contributed by atoms with Crippen molar-refractivity contribution in [2.45, 2.75) is 12.1 Å². The summed E-state index contributed by atoms with van der Waals surface area (Å²) in [6, 6.07) is -0.576. The third-order valence-corrected chi connectivity index (χ3v) is 3.68. The Kier molecular flexibility index (Phi) is 2.39. The van der Waals surface area contributed by atoms with Crippen LogP contribution in [0.2, 0.25) is 0 Å². The van der Waals surface area contributed by atoms with E-state index in [1.807, 2.05) is 0 Å². The van der Waals surface area contributed by atoms with E-state index in [1.54, 1.807) is 0 Å². The van der Waals surface area contributed by atoms with Gasteiger partial charge in [-0.1, -0.05) is 0 Å². The number of hydrogen-bond donors (Lipinski definition) is 1. The molecule has 0 aromatic rings. The lowest BCUT2D eigenvalue weighted by atomic mass is 10.2. The fourth-order valence-electron chi connectivity index (χ4n) is 1.28. The van der Waals surface area contributed by atoms with Crippen LogP contribution in [-0.2, 0) is 14.6 Å². The van der Waals surface area contributed by atoms with Gasteiger partial charge in [0.1, 0.15) is 0 Å². The van der Waals surface area contributed by atoms with Gasteiger partial charge in [0.25, 0.3) is 0 Å². The Bertz CT molecular complexity index is 273. The Morgan fingerprint density at radius 3 is 2.42 bits per heavy atom. The van der Waals surface area contributed by atoms with Crippen LogP contribution in [0.15, 0.2) is 0 Å². The molecule has 0 aromatic heterocycles. The summed E-state index contributed by atoms with van der Waals surface area (Å²) < 4.78 is 21.9. The van der Waals surface area contributed by atoms with Crippen molar-refractivity contribution in [3.63, 3.8) is 0 Å². The summed E-state index contributed by atoms with van der Waals surface area (Å²) in [4.78, 5) is 11.5. The topological polar surface area (TPSA) is 74.7 Å². The average Bonchev–Trinajstić information content (AvgIpc) is 2.23. The second-order valence-electron chi connectivity index (χ2n) is 2.98. The van der Waals surface area contributed by atoms with Crippen LogP contribution in [0, 0.1) is 0 Å². The normalized spacial score (nSPS) is 33.2. The highest BCUT2D eigenvalue weighted by Crippen LogP contribution is 2.15. The van der Waals surface area contributed by atoms with Gasteiger partial charge in [-0.05, 0) is 0 Å². The number of carbonyl (C=O) groups excluding carboxylic acids is 1. The minimum Gasteiger partial charge on any atom is -0.390 e. The van der Waals surface area contributed by atoms with Crippen LogP contribution in [0.5, 0.6) is 0 Å². The van der Waals surface area contributed by atoms with Gasteiger partial charge in [-0.15, -0.1) is 0 Å². The third-order valence-electron chi connectivity index (χ3n) is 1.98. The predicted octanol–water partition coefficient (Wildman–Crippen LogP) is -1.77. The molecular formula is C6H11NO4S. The molecule has 1 rings (SSSR count). The maximum atomic E-state index is 11.0. The molecule has 1 saturated heterocycles. The van der Waals surface area contributed by atoms with Crippen molar-refractivity contribution in [1.82, 2.24) is 4.90 Å². The summed E-state index contributed by atoms with van der Waals surface area (Å²) in [6.07, 6.45) is -0.417. The van der Waals surface area contributed by atoms with Crippen molar-refractivity contribution in [1.29, 1.82) is 0 Å². The third kappa shape index (κ3) is 1.75. The smallest absolute Gasteiger partial charge is 0.209 e. The van der Waals surface area contributed by atoms with E-state index in [9.17, 15) is 18.3 Å². The number of likely N-dealkylation sites (N-methyl/N-ethyl adjacent to an activating group) is 1. The Balaban J connectivity index is 2.77. The molecule has 0 aliphatic carbocycles. The molecule has 70 valence electrons. The minimum absolute atomic E-state index is 0.136. The molecule has 1 N–H and O–H groups in total. The summed E-state index contributed by atoms with van der Waals surface area (Å²) in [5.74, 6) is -0.376. The highest BCUT2D eigenvalue weighted by atomic mass is 32.2. The number of amides is 1. The molecule has 1 aliphatic rings. The van der Waals surface area contributed by atoms with E-state index >= 15 is 0 Å². The Morgan fingerprint density at radius 1 is 1.50 bits per heavy atom. The van der Waals surface area contributed by atoms with Gasteiger partial charge in [0.15, 0.2) is 9.84 Å². The molecule has 0 spiro atoms. The molecule has 1 amide bonds. The standard InChI is InChI=1S/C6H11NO4S/c1-7(4-8)5-2-12(10,11)3-6(5)9/h4-6,9H,2-3H2,1H3/t5-,6-/m0/s1. The Labute approximate surface area is 70.9 Å². The van der Waals surface area contributed by atoms with Gasteiger partial charge in [0.2, 0.25) is 6.41 Å². The number of carbonyl (C=O) groups is 1. The molecule has 6 heteroatoms. The highest BCUT2D eigenvalue weighted by molar-refractivity contribution is 7.91. The lowest BCUT2D eigenvalue weighted by Gasteiger charge is -2.20. The van der Waals surface area contributed by atoms with E-state index in [-0.39, 0.29) is 11.5 Å². The molecule has 2 atom stereocenters. The largest absolute Gasteiger partial charge is 0.390 e. The van der Waals surface area contributed by atoms with Crippen molar-refractivity contribution in [2.24, 2.45) is 0 Å². The molecular weight excluding hydrogens is 182 g/mol. The van der Waals surface area contributed by atoms with Gasteiger partial charge in [-0.25, -0.2) is 8.42 Å². The van der Waals surface area contributed by atoms with Gasteiger partial charge in [0.05, 0.1) is 23.7 Å². The molecule has 0 aromatic carbocycles. The van der Waals surface area contributed by atoms with E-state index in [1.165, 1.54) is 11.9 Å². The van der Waals surface area contributed by atoms with E-state index < -0.39 is 22.0 Å². The first kappa shape index (κ1) is 9.47. The second kappa shape index (κ2) is 3.02. The van der Waals surface area contributed by atoms with E-state index in [0.717, 1.165) is 0 Å². The van der Waals surface area contributed by atoms with Crippen LogP contribution in [0.1, 0.15) is 0 Å². The monoisotopic (exact) mass is 193 g/mol. The van der Waals surface area contributed by atoms with Crippen LogP contribution in [0.4, 0.5) is 0 Å². The number of hydrogen-bond acceptors (Lipinski definition) is 4. The quantitative estimate of drug-likeness (QED) is 0.527. The zero-order valence-electron chi connectivity index (χ0n) is 6.67. The Morgan fingerprint density at radius 2 is 2.08 bits per heavy atom. The molecule has 0 bridgehead atoms.